The minimum absolute atomic E-state index is 0.0115. The molecule has 0 saturated carbocycles. The lowest BCUT2D eigenvalue weighted by molar-refractivity contribution is -0.121. The highest BCUT2D eigenvalue weighted by Crippen LogP contribution is 2.35. The van der Waals surface area contributed by atoms with E-state index in [-0.39, 0.29) is 19.1 Å². The van der Waals surface area contributed by atoms with Gasteiger partial charge in [0.05, 0.1) is 18.0 Å². The summed E-state index contributed by atoms with van der Waals surface area (Å²) in [6.07, 6.45) is 3.81. The second-order valence-electron chi connectivity index (χ2n) is 5.69. The number of fused-ring (bicyclic) bond motifs is 2. The number of anilines is 1. The predicted octanol–water partition coefficient (Wildman–Crippen LogP) is 2.24. The van der Waals surface area contributed by atoms with Crippen molar-refractivity contribution in [2.45, 2.75) is 13.5 Å². The molecule has 0 bridgehead atoms. The third kappa shape index (κ3) is 2.32. The number of hydrogen-bond acceptors (Lipinski definition) is 4. The number of carbonyl (C=O) groups is 1. The number of pyridine rings is 1. The number of rotatable bonds is 3. The molecule has 6 heteroatoms. The summed E-state index contributed by atoms with van der Waals surface area (Å²) in [4.78, 5) is 18.3. The van der Waals surface area contributed by atoms with Gasteiger partial charge >= 0.3 is 0 Å². The molecular weight excluding hydrogens is 306 g/mol. The van der Waals surface area contributed by atoms with Crippen molar-refractivity contribution in [2.75, 3.05) is 18.1 Å². The Bertz CT molecular complexity index is 932. The molecular formula is C18H17N3O3. The molecule has 122 valence electrons. The van der Waals surface area contributed by atoms with Gasteiger partial charge in [-0.15, -0.1) is 0 Å². The number of aliphatic hydroxyl groups excluding tert-OH is 1. The van der Waals surface area contributed by atoms with Crippen molar-refractivity contribution in [1.29, 1.82) is 0 Å². The lowest BCUT2D eigenvalue weighted by Crippen LogP contribution is -2.38. The number of aromatic nitrogens is 2. The van der Waals surface area contributed by atoms with E-state index in [1.807, 2.05) is 54.0 Å². The topological polar surface area (TPSA) is 67.1 Å². The van der Waals surface area contributed by atoms with E-state index in [1.54, 1.807) is 4.90 Å². The zero-order valence-electron chi connectivity index (χ0n) is 13.3. The van der Waals surface area contributed by atoms with E-state index < -0.39 is 0 Å². The van der Waals surface area contributed by atoms with E-state index in [2.05, 4.69) is 4.98 Å². The van der Waals surface area contributed by atoms with Crippen LogP contribution < -0.4 is 9.64 Å². The van der Waals surface area contributed by atoms with Crippen LogP contribution in [0.25, 0.3) is 16.9 Å². The highest BCUT2D eigenvalue weighted by molar-refractivity contribution is 5.98. The number of aliphatic hydroxyl groups is 1. The molecule has 0 aliphatic carbocycles. The molecule has 0 atom stereocenters. The second-order valence-corrected chi connectivity index (χ2v) is 5.69. The van der Waals surface area contributed by atoms with Gasteiger partial charge in [-0.25, -0.2) is 4.98 Å². The molecule has 0 unspecified atom stereocenters. The van der Waals surface area contributed by atoms with E-state index in [1.165, 1.54) is 0 Å². The smallest absolute Gasteiger partial charge is 0.265 e. The van der Waals surface area contributed by atoms with Gasteiger partial charge in [0.1, 0.15) is 11.4 Å². The van der Waals surface area contributed by atoms with Crippen LogP contribution in [0.3, 0.4) is 0 Å². The maximum atomic E-state index is 12.0. The number of carbonyl (C=O) groups excluding carboxylic acids is 1. The van der Waals surface area contributed by atoms with Gasteiger partial charge in [-0.2, -0.15) is 0 Å². The van der Waals surface area contributed by atoms with Gasteiger partial charge in [0.25, 0.3) is 5.91 Å². The monoisotopic (exact) mass is 323 g/mol. The standard InChI is InChI=1S/C18H17N3O3/c1-2-21-15-8-13(3-4-16(15)24-11-18(21)23)14-9-20-6-5-12(10-22)7-17(20)19-14/h3-9,22H,2,10-11H2,1H3. The zero-order valence-corrected chi connectivity index (χ0v) is 13.3. The SMILES string of the molecule is CCN1C(=O)COc2ccc(-c3cn4ccc(CO)cc4n3)cc21. The van der Waals surface area contributed by atoms with Crippen LogP contribution in [0.1, 0.15) is 12.5 Å². The van der Waals surface area contributed by atoms with Gasteiger partial charge in [0.2, 0.25) is 0 Å². The van der Waals surface area contributed by atoms with Crippen molar-refractivity contribution in [1.82, 2.24) is 9.38 Å². The van der Waals surface area contributed by atoms with E-state index in [9.17, 15) is 9.90 Å². The molecule has 0 radical (unpaired) electrons. The van der Waals surface area contributed by atoms with Gasteiger partial charge in [0.15, 0.2) is 6.61 Å². The lowest BCUT2D eigenvalue weighted by Gasteiger charge is -2.28. The molecule has 24 heavy (non-hydrogen) atoms. The highest BCUT2D eigenvalue weighted by Gasteiger charge is 2.24. The molecule has 2 aromatic heterocycles. The third-order valence-electron chi connectivity index (χ3n) is 4.22. The van der Waals surface area contributed by atoms with Crippen LogP contribution in [-0.2, 0) is 11.4 Å². The van der Waals surface area contributed by atoms with Gasteiger partial charge in [-0.1, -0.05) is 0 Å². The van der Waals surface area contributed by atoms with Crippen molar-refractivity contribution in [3.05, 3.63) is 48.3 Å². The molecule has 6 nitrogen and oxygen atoms in total. The highest BCUT2D eigenvalue weighted by atomic mass is 16.5. The van der Waals surface area contributed by atoms with Crippen LogP contribution in [0.2, 0.25) is 0 Å². The van der Waals surface area contributed by atoms with Crippen molar-refractivity contribution in [2.24, 2.45) is 0 Å². The van der Waals surface area contributed by atoms with Crippen LogP contribution >= 0.6 is 0 Å². The van der Waals surface area contributed by atoms with Crippen LogP contribution in [-0.4, -0.2) is 33.6 Å². The summed E-state index contributed by atoms with van der Waals surface area (Å²) in [5, 5.41) is 9.25. The maximum Gasteiger partial charge on any atom is 0.265 e. The Balaban J connectivity index is 1.80. The van der Waals surface area contributed by atoms with Crippen molar-refractivity contribution in [3.63, 3.8) is 0 Å². The van der Waals surface area contributed by atoms with E-state index in [0.29, 0.717) is 12.3 Å². The molecule has 1 aliphatic heterocycles. The number of nitrogens with zero attached hydrogens (tertiary/aromatic N) is 3. The molecule has 1 aromatic carbocycles. The van der Waals surface area contributed by atoms with Crippen molar-refractivity contribution in [3.8, 4) is 17.0 Å². The number of imidazole rings is 1. The van der Waals surface area contributed by atoms with E-state index in [4.69, 9.17) is 4.74 Å². The van der Waals surface area contributed by atoms with Crippen LogP contribution in [0.15, 0.2) is 42.7 Å². The van der Waals surface area contributed by atoms with Crippen molar-refractivity contribution < 1.29 is 14.6 Å². The third-order valence-corrected chi connectivity index (χ3v) is 4.22. The van der Waals surface area contributed by atoms with Gasteiger partial charge in [-0.3, -0.25) is 4.79 Å². The van der Waals surface area contributed by atoms with Crippen molar-refractivity contribution >= 4 is 17.2 Å². The Morgan fingerprint density at radius 3 is 2.96 bits per heavy atom. The first kappa shape index (κ1) is 14.7. The molecule has 1 aliphatic rings. The number of hydrogen-bond donors (Lipinski definition) is 1. The summed E-state index contributed by atoms with van der Waals surface area (Å²) in [5.74, 6) is 0.677. The van der Waals surface area contributed by atoms with E-state index >= 15 is 0 Å². The molecule has 0 spiro atoms. The van der Waals surface area contributed by atoms with Gasteiger partial charge in [-0.05, 0) is 42.8 Å². The Hall–Kier alpha value is -2.86. The average molecular weight is 323 g/mol. The first-order valence-electron chi connectivity index (χ1n) is 7.85. The second kappa shape index (κ2) is 5.65. The molecule has 1 amide bonds. The minimum atomic E-state index is -0.0373. The minimum Gasteiger partial charge on any atom is -0.482 e. The Morgan fingerprint density at radius 1 is 1.29 bits per heavy atom. The quantitative estimate of drug-likeness (QED) is 0.803. The fourth-order valence-electron chi connectivity index (χ4n) is 2.97. The van der Waals surface area contributed by atoms with Crippen LogP contribution in [0.5, 0.6) is 5.75 Å². The summed E-state index contributed by atoms with van der Waals surface area (Å²) < 4.78 is 7.41. The molecule has 1 N–H and O–H groups in total. The fourth-order valence-corrected chi connectivity index (χ4v) is 2.97. The molecule has 0 saturated heterocycles. The predicted molar refractivity (Wildman–Crippen MR) is 90.1 cm³/mol. The number of amides is 1. The largest absolute Gasteiger partial charge is 0.482 e. The summed E-state index contributed by atoms with van der Waals surface area (Å²) in [6, 6.07) is 9.47. The van der Waals surface area contributed by atoms with Gasteiger partial charge < -0.3 is 19.1 Å². The lowest BCUT2D eigenvalue weighted by atomic mass is 10.1. The molecule has 4 rings (SSSR count). The van der Waals surface area contributed by atoms with Gasteiger partial charge in [0, 0.05) is 24.5 Å². The molecule has 0 fully saturated rings. The van der Waals surface area contributed by atoms with Crippen LogP contribution in [0, 0.1) is 0 Å². The van der Waals surface area contributed by atoms with Crippen LogP contribution in [0.4, 0.5) is 5.69 Å². The maximum absolute atomic E-state index is 12.0. The summed E-state index contributed by atoms with van der Waals surface area (Å²) >= 11 is 0. The summed E-state index contributed by atoms with van der Waals surface area (Å²) in [5.41, 5.74) is 4.09. The normalized spacial score (nSPS) is 13.9. The Morgan fingerprint density at radius 2 is 2.17 bits per heavy atom. The number of benzene rings is 1. The zero-order chi connectivity index (χ0) is 16.7. The Labute approximate surface area is 138 Å². The fraction of sp³-hybridized carbons (Fsp3) is 0.222. The molecule has 3 heterocycles. The van der Waals surface area contributed by atoms with E-state index in [0.717, 1.165) is 28.2 Å². The first-order chi connectivity index (χ1) is 11.7. The number of ether oxygens (including phenoxy) is 1. The summed E-state index contributed by atoms with van der Waals surface area (Å²) in [7, 11) is 0. The molecule has 3 aromatic rings. The Kier molecular flexibility index (Phi) is 3.46. The summed E-state index contributed by atoms with van der Waals surface area (Å²) in [6.45, 7) is 2.62. The first-order valence-corrected chi connectivity index (χ1v) is 7.85. The average Bonchev–Trinajstić information content (AvgIpc) is 3.04. The number of likely N-dealkylation sites (N-methyl/N-ethyl adjacent to an activating group) is 1.